The summed E-state index contributed by atoms with van der Waals surface area (Å²) >= 11 is 0. The molecular formula is C29H34N6O. The van der Waals surface area contributed by atoms with Crippen LogP contribution in [0.2, 0.25) is 0 Å². The van der Waals surface area contributed by atoms with Crippen LogP contribution in [0.4, 0.5) is 5.82 Å². The molecule has 1 fully saturated rings. The van der Waals surface area contributed by atoms with Gasteiger partial charge in [0.25, 0.3) is 0 Å². The standard InChI is InChI=1S/C29H34N6O/c1-4-12-25-30-27(26-21(3)32-35(28(26)31-25)23-15-10-7-11-16-23)33-17-19-34(20-18-33)29(36)24(5-2)22-13-8-6-9-14-22/h6-11,13-16,24H,4-5,12,17-20H2,1-3H3/t24-/m1/s1. The Kier molecular flexibility index (Phi) is 6.98. The van der Waals surface area contributed by atoms with Crippen molar-refractivity contribution in [1.29, 1.82) is 0 Å². The minimum absolute atomic E-state index is 0.0917. The Labute approximate surface area is 212 Å². The van der Waals surface area contributed by atoms with E-state index in [0.29, 0.717) is 13.1 Å². The van der Waals surface area contributed by atoms with Crippen LogP contribution in [0, 0.1) is 6.92 Å². The van der Waals surface area contributed by atoms with Crippen molar-refractivity contribution in [2.45, 2.75) is 46.0 Å². The Bertz CT molecular complexity index is 1330. The summed E-state index contributed by atoms with van der Waals surface area (Å²) in [5.41, 5.74) is 3.85. The summed E-state index contributed by atoms with van der Waals surface area (Å²) in [4.78, 5) is 27.7. The van der Waals surface area contributed by atoms with Gasteiger partial charge >= 0.3 is 0 Å². The fourth-order valence-corrected chi connectivity index (χ4v) is 5.12. The Balaban J connectivity index is 1.43. The fourth-order valence-electron chi connectivity index (χ4n) is 5.12. The smallest absolute Gasteiger partial charge is 0.230 e. The minimum atomic E-state index is -0.0917. The second-order valence-corrected chi connectivity index (χ2v) is 9.43. The van der Waals surface area contributed by atoms with Gasteiger partial charge in [0.1, 0.15) is 11.6 Å². The Morgan fingerprint density at radius 3 is 2.22 bits per heavy atom. The monoisotopic (exact) mass is 482 g/mol. The number of benzene rings is 2. The van der Waals surface area contributed by atoms with Crippen LogP contribution in [-0.2, 0) is 11.2 Å². The molecule has 0 saturated carbocycles. The summed E-state index contributed by atoms with van der Waals surface area (Å²) in [5.74, 6) is 1.90. The minimum Gasteiger partial charge on any atom is -0.352 e. The molecule has 0 radical (unpaired) electrons. The van der Waals surface area contributed by atoms with E-state index in [1.54, 1.807) is 0 Å². The van der Waals surface area contributed by atoms with Crippen LogP contribution in [0.1, 0.15) is 49.7 Å². The molecule has 0 aliphatic carbocycles. The molecule has 7 nitrogen and oxygen atoms in total. The lowest BCUT2D eigenvalue weighted by molar-refractivity contribution is -0.133. The highest BCUT2D eigenvalue weighted by molar-refractivity contribution is 5.91. The molecule has 4 aromatic rings. The van der Waals surface area contributed by atoms with E-state index in [2.05, 4.69) is 43.0 Å². The highest BCUT2D eigenvalue weighted by Crippen LogP contribution is 2.30. The number of aromatic nitrogens is 4. The van der Waals surface area contributed by atoms with Crippen LogP contribution in [-0.4, -0.2) is 56.7 Å². The molecule has 7 heteroatoms. The van der Waals surface area contributed by atoms with Crippen molar-refractivity contribution >= 4 is 22.8 Å². The number of carbonyl (C=O) groups is 1. The van der Waals surface area contributed by atoms with E-state index in [4.69, 9.17) is 15.1 Å². The summed E-state index contributed by atoms with van der Waals surface area (Å²) in [7, 11) is 0. The Morgan fingerprint density at radius 1 is 0.917 bits per heavy atom. The van der Waals surface area contributed by atoms with Crippen molar-refractivity contribution in [3.63, 3.8) is 0 Å². The topological polar surface area (TPSA) is 67.2 Å². The number of nitrogens with zero attached hydrogens (tertiary/aromatic N) is 6. The van der Waals surface area contributed by atoms with Gasteiger partial charge in [-0.05, 0) is 37.5 Å². The number of piperazine rings is 1. The van der Waals surface area contributed by atoms with Gasteiger partial charge in [-0.25, -0.2) is 14.6 Å². The lowest BCUT2D eigenvalue weighted by Crippen LogP contribution is -2.50. The van der Waals surface area contributed by atoms with E-state index in [0.717, 1.165) is 72.0 Å². The maximum Gasteiger partial charge on any atom is 0.230 e. The molecule has 0 unspecified atom stereocenters. The zero-order valence-corrected chi connectivity index (χ0v) is 21.4. The molecule has 2 aromatic heterocycles. The van der Waals surface area contributed by atoms with Crippen LogP contribution in [0.15, 0.2) is 60.7 Å². The number of hydrogen-bond donors (Lipinski definition) is 0. The van der Waals surface area contributed by atoms with Crippen LogP contribution >= 0.6 is 0 Å². The average Bonchev–Trinajstić information content (AvgIpc) is 3.26. The summed E-state index contributed by atoms with van der Waals surface area (Å²) in [6.07, 6.45) is 2.59. The normalized spacial score (nSPS) is 14.9. The lowest BCUT2D eigenvalue weighted by atomic mass is 9.95. The van der Waals surface area contributed by atoms with Crippen molar-refractivity contribution < 1.29 is 4.79 Å². The van der Waals surface area contributed by atoms with Gasteiger partial charge in [-0.3, -0.25) is 4.79 Å². The fraction of sp³-hybridized carbons (Fsp3) is 0.379. The van der Waals surface area contributed by atoms with Gasteiger partial charge < -0.3 is 9.80 Å². The summed E-state index contributed by atoms with van der Waals surface area (Å²) in [5, 5.41) is 5.85. The largest absolute Gasteiger partial charge is 0.352 e. The number of anilines is 1. The van der Waals surface area contributed by atoms with Crippen LogP contribution < -0.4 is 4.90 Å². The number of carbonyl (C=O) groups excluding carboxylic acids is 1. The van der Waals surface area contributed by atoms with Gasteiger partial charge in [-0.1, -0.05) is 62.4 Å². The van der Waals surface area contributed by atoms with E-state index in [1.165, 1.54) is 0 Å². The Morgan fingerprint density at radius 2 is 1.58 bits per heavy atom. The maximum absolute atomic E-state index is 13.4. The van der Waals surface area contributed by atoms with E-state index in [-0.39, 0.29) is 11.8 Å². The van der Waals surface area contributed by atoms with Crippen molar-refractivity contribution in [3.05, 3.63) is 77.7 Å². The first kappa shape index (κ1) is 24.0. The van der Waals surface area contributed by atoms with E-state index < -0.39 is 0 Å². The number of rotatable bonds is 7. The summed E-state index contributed by atoms with van der Waals surface area (Å²) in [6.45, 7) is 9.11. The van der Waals surface area contributed by atoms with Gasteiger partial charge in [0, 0.05) is 32.6 Å². The van der Waals surface area contributed by atoms with E-state index in [9.17, 15) is 4.79 Å². The molecule has 3 heterocycles. The molecule has 2 aromatic carbocycles. The molecule has 36 heavy (non-hydrogen) atoms. The van der Waals surface area contributed by atoms with Crippen LogP contribution in [0.5, 0.6) is 0 Å². The van der Waals surface area contributed by atoms with Gasteiger partial charge in [0.2, 0.25) is 5.91 Å². The first-order chi connectivity index (χ1) is 17.6. The number of fused-ring (bicyclic) bond motifs is 1. The predicted octanol–water partition coefficient (Wildman–Crippen LogP) is 4.92. The number of amides is 1. The highest BCUT2D eigenvalue weighted by atomic mass is 16.2. The van der Waals surface area contributed by atoms with E-state index >= 15 is 0 Å². The summed E-state index contributed by atoms with van der Waals surface area (Å²) in [6, 6.07) is 20.3. The molecule has 0 bridgehead atoms. The van der Waals surface area contributed by atoms with Crippen molar-refractivity contribution in [3.8, 4) is 5.69 Å². The van der Waals surface area contributed by atoms with Crippen molar-refractivity contribution in [2.24, 2.45) is 0 Å². The predicted molar refractivity (Wildman–Crippen MR) is 144 cm³/mol. The van der Waals surface area contributed by atoms with Gasteiger partial charge in [0.15, 0.2) is 5.65 Å². The maximum atomic E-state index is 13.4. The molecule has 186 valence electrons. The van der Waals surface area contributed by atoms with Crippen molar-refractivity contribution in [1.82, 2.24) is 24.6 Å². The third kappa shape index (κ3) is 4.57. The Hall–Kier alpha value is -3.74. The lowest BCUT2D eigenvalue weighted by Gasteiger charge is -2.37. The zero-order chi connectivity index (χ0) is 25.1. The molecule has 0 spiro atoms. The number of hydrogen-bond acceptors (Lipinski definition) is 5. The molecule has 1 saturated heterocycles. The third-order valence-corrected chi connectivity index (χ3v) is 7.00. The van der Waals surface area contributed by atoms with Crippen LogP contribution in [0.3, 0.4) is 0 Å². The molecular weight excluding hydrogens is 448 g/mol. The third-order valence-electron chi connectivity index (χ3n) is 7.00. The average molecular weight is 483 g/mol. The van der Waals surface area contributed by atoms with Crippen LogP contribution in [0.25, 0.3) is 16.7 Å². The molecule has 5 rings (SSSR count). The number of aryl methyl sites for hydroxylation is 2. The second-order valence-electron chi connectivity index (χ2n) is 9.43. The first-order valence-corrected chi connectivity index (χ1v) is 13.0. The molecule has 1 aliphatic heterocycles. The SMILES string of the molecule is CCCc1nc(N2CCN(C(=O)[C@H](CC)c3ccccc3)CC2)c2c(C)nn(-c3ccccc3)c2n1. The second kappa shape index (κ2) is 10.5. The molecule has 1 amide bonds. The molecule has 1 aliphatic rings. The van der Waals surface area contributed by atoms with Gasteiger partial charge in [-0.15, -0.1) is 0 Å². The zero-order valence-electron chi connectivity index (χ0n) is 21.4. The van der Waals surface area contributed by atoms with Gasteiger partial charge in [-0.2, -0.15) is 5.10 Å². The highest BCUT2D eigenvalue weighted by Gasteiger charge is 2.29. The number of para-hydroxylation sites is 1. The quantitative estimate of drug-likeness (QED) is 0.374. The molecule has 0 N–H and O–H groups in total. The molecule has 1 atom stereocenters. The first-order valence-electron chi connectivity index (χ1n) is 13.0. The van der Waals surface area contributed by atoms with E-state index in [1.807, 2.05) is 52.9 Å². The van der Waals surface area contributed by atoms with Gasteiger partial charge in [0.05, 0.1) is 22.7 Å². The van der Waals surface area contributed by atoms with Crippen molar-refractivity contribution in [2.75, 3.05) is 31.1 Å². The summed E-state index contributed by atoms with van der Waals surface area (Å²) < 4.78 is 1.93.